The summed E-state index contributed by atoms with van der Waals surface area (Å²) in [6, 6.07) is 5.71. The van der Waals surface area contributed by atoms with Crippen LogP contribution >= 0.6 is 0 Å². The Morgan fingerprint density at radius 2 is 1.95 bits per heavy atom. The Morgan fingerprint density at radius 1 is 1.19 bits per heavy atom. The Hall–Kier alpha value is -2.83. The molecule has 7 heteroatoms. The minimum atomic E-state index is -0.779. The number of phenols is 2. The normalized spacial score (nSPS) is 10.8. The van der Waals surface area contributed by atoms with E-state index < -0.39 is 11.6 Å². The van der Waals surface area contributed by atoms with E-state index in [1.807, 2.05) is 0 Å². The van der Waals surface area contributed by atoms with Crippen molar-refractivity contribution >= 4 is 11.9 Å². The number of hydrogen-bond donors (Lipinski definition) is 3. The first-order valence-corrected chi connectivity index (χ1v) is 5.85. The third kappa shape index (κ3) is 3.38. The van der Waals surface area contributed by atoms with Crippen LogP contribution in [0.25, 0.3) is 0 Å². The molecule has 0 saturated carbocycles. The van der Waals surface area contributed by atoms with Crippen LogP contribution < -0.4 is 10.2 Å². The Kier molecular flexibility index (Phi) is 4.22. The second-order valence-corrected chi connectivity index (χ2v) is 4.09. The van der Waals surface area contributed by atoms with Crippen LogP contribution in [0.2, 0.25) is 0 Å². The van der Waals surface area contributed by atoms with Crippen molar-refractivity contribution in [2.45, 2.75) is 0 Å². The number of ether oxygens (including phenoxy) is 1. The molecule has 2 aromatic rings. The Morgan fingerprint density at radius 3 is 2.62 bits per heavy atom. The van der Waals surface area contributed by atoms with Gasteiger partial charge in [-0.3, -0.25) is 5.43 Å². The quantitative estimate of drug-likeness (QED) is 0.460. The van der Waals surface area contributed by atoms with Crippen molar-refractivity contribution in [1.82, 2.24) is 0 Å². The van der Waals surface area contributed by atoms with E-state index in [4.69, 9.17) is 4.74 Å². The van der Waals surface area contributed by atoms with Crippen molar-refractivity contribution in [1.29, 1.82) is 0 Å². The highest BCUT2D eigenvalue weighted by Crippen LogP contribution is 2.35. The second-order valence-electron chi connectivity index (χ2n) is 4.09. The molecule has 0 aliphatic rings. The van der Waals surface area contributed by atoms with E-state index in [1.165, 1.54) is 31.5 Å². The van der Waals surface area contributed by atoms with E-state index in [9.17, 15) is 19.0 Å². The first-order valence-electron chi connectivity index (χ1n) is 5.85. The monoisotopic (exact) mass is 294 g/mol. The lowest BCUT2D eigenvalue weighted by Gasteiger charge is -2.06. The minimum Gasteiger partial charge on any atom is -0.504 e. The molecule has 0 radical (unpaired) electrons. The summed E-state index contributed by atoms with van der Waals surface area (Å²) in [5, 5.41) is 22.7. The van der Waals surface area contributed by atoms with E-state index >= 15 is 0 Å². The van der Waals surface area contributed by atoms with Crippen LogP contribution in [0.5, 0.6) is 17.2 Å². The number of nitrogens with zero attached hydrogens (tertiary/aromatic N) is 1. The van der Waals surface area contributed by atoms with E-state index in [0.717, 1.165) is 12.1 Å². The fourth-order valence-corrected chi connectivity index (χ4v) is 1.60. The number of benzene rings is 2. The standard InChI is InChI=1S/C14H12F2N2O3/c1-21-13-5-8(4-12(19)14(13)20)7-17-18-11-3-2-9(15)6-10(11)16/h2-7,18-20H,1H3/b17-7+. The van der Waals surface area contributed by atoms with Gasteiger partial charge in [-0.15, -0.1) is 0 Å². The molecule has 0 bridgehead atoms. The highest BCUT2D eigenvalue weighted by Gasteiger charge is 2.08. The molecule has 0 aliphatic heterocycles. The second kappa shape index (κ2) is 6.08. The highest BCUT2D eigenvalue weighted by atomic mass is 19.1. The maximum Gasteiger partial charge on any atom is 0.200 e. The maximum absolute atomic E-state index is 13.3. The SMILES string of the molecule is COc1cc(/C=N/Nc2ccc(F)cc2F)cc(O)c1O. The van der Waals surface area contributed by atoms with Crippen LogP contribution in [0.4, 0.5) is 14.5 Å². The highest BCUT2D eigenvalue weighted by molar-refractivity contribution is 5.82. The lowest BCUT2D eigenvalue weighted by atomic mass is 10.2. The predicted octanol–water partition coefficient (Wildman–Crippen LogP) is 2.83. The minimum absolute atomic E-state index is 0.00242. The van der Waals surface area contributed by atoms with Gasteiger partial charge in [-0.1, -0.05) is 0 Å². The van der Waals surface area contributed by atoms with E-state index in [0.29, 0.717) is 5.56 Å². The zero-order valence-electron chi connectivity index (χ0n) is 11.0. The maximum atomic E-state index is 13.3. The van der Waals surface area contributed by atoms with Crippen molar-refractivity contribution in [3.05, 3.63) is 47.5 Å². The van der Waals surface area contributed by atoms with Gasteiger partial charge in [-0.25, -0.2) is 8.78 Å². The number of phenolic OH excluding ortho intramolecular Hbond substituents is 2. The summed E-state index contributed by atoms with van der Waals surface area (Å²) >= 11 is 0. The van der Waals surface area contributed by atoms with Gasteiger partial charge in [0.1, 0.15) is 5.82 Å². The van der Waals surface area contributed by atoms with Crippen molar-refractivity contribution in [2.75, 3.05) is 12.5 Å². The third-order valence-electron chi connectivity index (χ3n) is 2.63. The Labute approximate surface area is 119 Å². The number of hydrogen-bond acceptors (Lipinski definition) is 5. The number of halogens is 2. The topological polar surface area (TPSA) is 74.1 Å². The lowest BCUT2D eigenvalue weighted by Crippen LogP contribution is -1.95. The van der Waals surface area contributed by atoms with Crippen LogP contribution in [0, 0.1) is 11.6 Å². The largest absolute Gasteiger partial charge is 0.504 e. The molecule has 2 rings (SSSR count). The van der Waals surface area contributed by atoms with Crippen molar-refractivity contribution in [3.63, 3.8) is 0 Å². The van der Waals surface area contributed by atoms with Gasteiger partial charge in [-0.05, 0) is 24.3 Å². The van der Waals surface area contributed by atoms with E-state index in [2.05, 4.69) is 10.5 Å². The molecule has 0 unspecified atom stereocenters. The molecule has 0 amide bonds. The van der Waals surface area contributed by atoms with E-state index in [-0.39, 0.29) is 22.9 Å². The molecule has 110 valence electrons. The molecule has 0 saturated heterocycles. The van der Waals surface area contributed by atoms with Gasteiger partial charge in [0, 0.05) is 11.6 Å². The summed E-state index contributed by atoms with van der Waals surface area (Å²) in [5.74, 6) is -2.14. The smallest absolute Gasteiger partial charge is 0.200 e. The Balaban J connectivity index is 2.16. The summed E-state index contributed by atoms with van der Waals surface area (Å²) < 4.78 is 30.9. The van der Waals surface area contributed by atoms with Crippen LogP contribution in [0.15, 0.2) is 35.4 Å². The number of methoxy groups -OCH3 is 1. The molecule has 0 fully saturated rings. The summed E-state index contributed by atoms with van der Waals surface area (Å²) in [4.78, 5) is 0. The fraction of sp³-hybridized carbons (Fsp3) is 0.0714. The third-order valence-corrected chi connectivity index (χ3v) is 2.63. The first kappa shape index (κ1) is 14.6. The van der Waals surface area contributed by atoms with Crippen LogP contribution in [0.3, 0.4) is 0 Å². The molecule has 3 N–H and O–H groups in total. The number of nitrogens with one attached hydrogen (secondary N) is 1. The van der Waals surface area contributed by atoms with Crippen molar-refractivity contribution in [2.24, 2.45) is 5.10 Å². The van der Waals surface area contributed by atoms with Gasteiger partial charge in [0.05, 0.1) is 19.0 Å². The zero-order chi connectivity index (χ0) is 15.4. The molecule has 5 nitrogen and oxygen atoms in total. The summed E-state index contributed by atoms with van der Waals surface area (Å²) in [6.07, 6.45) is 1.28. The van der Waals surface area contributed by atoms with Gasteiger partial charge < -0.3 is 14.9 Å². The lowest BCUT2D eigenvalue weighted by molar-refractivity contribution is 0.351. The fourth-order valence-electron chi connectivity index (χ4n) is 1.60. The average Bonchev–Trinajstić information content (AvgIpc) is 2.44. The predicted molar refractivity (Wildman–Crippen MR) is 73.9 cm³/mol. The number of aromatic hydroxyl groups is 2. The molecular weight excluding hydrogens is 282 g/mol. The zero-order valence-corrected chi connectivity index (χ0v) is 11.0. The number of rotatable bonds is 4. The molecule has 21 heavy (non-hydrogen) atoms. The van der Waals surface area contributed by atoms with Crippen molar-refractivity contribution < 1.29 is 23.7 Å². The molecular formula is C14H12F2N2O3. The van der Waals surface area contributed by atoms with Crippen LogP contribution in [0.1, 0.15) is 5.56 Å². The number of hydrazone groups is 1. The van der Waals surface area contributed by atoms with Crippen LogP contribution in [-0.2, 0) is 0 Å². The first-order chi connectivity index (χ1) is 10.0. The summed E-state index contributed by atoms with van der Waals surface area (Å²) in [7, 11) is 1.33. The van der Waals surface area contributed by atoms with Gasteiger partial charge in [-0.2, -0.15) is 5.10 Å². The molecule has 0 aromatic heterocycles. The van der Waals surface area contributed by atoms with Gasteiger partial charge >= 0.3 is 0 Å². The molecule has 2 aromatic carbocycles. The van der Waals surface area contributed by atoms with Gasteiger partial charge in [0.15, 0.2) is 17.3 Å². The Bertz CT molecular complexity index is 690. The molecule has 0 heterocycles. The molecule has 0 spiro atoms. The number of anilines is 1. The molecule has 0 atom stereocenters. The summed E-state index contributed by atoms with van der Waals surface area (Å²) in [6.45, 7) is 0. The van der Waals surface area contributed by atoms with E-state index in [1.54, 1.807) is 0 Å². The average molecular weight is 294 g/mol. The summed E-state index contributed by atoms with van der Waals surface area (Å²) in [5.41, 5.74) is 2.82. The molecule has 0 aliphatic carbocycles. The van der Waals surface area contributed by atoms with Crippen molar-refractivity contribution in [3.8, 4) is 17.2 Å². The van der Waals surface area contributed by atoms with Gasteiger partial charge in [0.2, 0.25) is 5.75 Å². The van der Waals surface area contributed by atoms with Gasteiger partial charge in [0.25, 0.3) is 0 Å². The van der Waals surface area contributed by atoms with Crippen LogP contribution in [-0.4, -0.2) is 23.5 Å².